The van der Waals surface area contributed by atoms with Crippen LogP contribution in [0.1, 0.15) is 29.5 Å². The SMILES string of the molecule is CC(C(=O)Nc1ccnc2[nH]cc(/C=C(/C(N)=O)c3ccccc3)c12)c1ccc(N2CCNC2=O)cc1. The van der Waals surface area contributed by atoms with Gasteiger partial charge in [-0.2, -0.15) is 0 Å². The predicted molar refractivity (Wildman–Crippen MR) is 144 cm³/mol. The molecule has 1 unspecified atom stereocenters. The standard InChI is InChI=1S/C28H26N6O3/c1-17(18-7-9-21(10-8-18)34-14-13-31-28(34)37)27(36)33-23-11-12-30-26-24(23)20(16-32-26)15-22(25(29)35)19-5-3-2-4-6-19/h2-12,15-17H,13-14H2,1H3,(H2,29,35)(H,31,37)(H2,30,32,33,36)/b22-15+. The summed E-state index contributed by atoms with van der Waals surface area (Å²) in [7, 11) is 0. The fourth-order valence-electron chi connectivity index (χ4n) is 4.42. The van der Waals surface area contributed by atoms with Crippen LogP contribution < -0.4 is 21.3 Å². The molecule has 1 aliphatic rings. The minimum absolute atomic E-state index is 0.122. The predicted octanol–water partition coefficient (Wildman–Crippen LogP) is 3.86. The van der Waals surface area contributed by atoms with E-state index < -0.39 is 11.8 Å². The Morgan fingerprint density at radius 1 is 1.11 bits per heavy atom. The average Bonchev–Trinajstić information content (AvgIpc) is 3.53. The van der Waals surface area contributed by atoms with E-state index in [0.717, 1.165) is 11.3 Å². The molecule has 5 N–H and O–H groups in total. The summed E-state index contributed by atoms with van der Waals surface area (Å²) in [5.74, 6) is -1.21. The number of carbonyl (C=O) groups excluding carboxylic acids is 3. The molecule has 2 aromatic carbocycles. The van der Waals surface area contributed by atoms with Crippen LogP contribution in [0.2, 0.25) is 0 Å². The van der Waals surface area contributed by atoms with Gasteiger partial charge in [-0.05, 0) is 42.3 Å². The third-order valence-corrected chi connectivity index (χ3v) is 6.47. The molecule has 9 heteroatoms. The Morgan fingerprint density at radius 2 is 1.86 bits per heavy atom. The van der Waals surface area contributed by atoms with Gasteiger partial charge < -0.3 is 21.4 Å². The molecule has 0 radical (unpaired) electrons. The van der Waals surface area contributed by atoms with E-state index in [1.807, 2.05) is 61.5 Å². The molecule has 37 heavy (non-hydrogen) atoms. The molecule has 4 amide bonds. The van der Waals surface area contributed by atoms with Crippen LogP contribution in [0.3, 0.4) is 0 Å². The molecule has 1 atom stereocenters. The van der Waals surface area contributed by atoms with Crippen LogP contribution in [-0.2, 0) is 9.59 Å². The summed E-state index contributed by atoms with van der Waals surface area (Å²) in [6.45, 7) is 3.05. The van der Waals surface area contributed by atoms with Crippen molar-refractivity contribution in [2.75, 3.05) is 23.3 Å². The molecule has 1 aliphatic heterocycles. The van der Waals surface area contributed by atoms with Crippen LogP contribution in [-0.4, -0.2) is 40.9 Å². The Kier molecular flexibility index (Phi) is 6.42. The summed E-state index contributed by atoms with van der Waals surface area (Å²) in [6, 6.07) is 18.2. The number of hydrogen-bond acceptors (Lipinski definition) is 4. The molecule has 2 aromatic heterocycles. The Hall–Kier alpha value is -4.92. The topological polar surface area (TPSA) is 133 Å². The number of rotatable bonds is 7. The van der Waals surface area contributed by atoms with Gasteiger partial charge >= 0.3 is 6.03 Å². The maximum atomic E-state index is 13.2. The molecule has 5 rings (SSSR count). The van der Waals surface area contributed by atoms with Crippen LogP contribution in [0.25, 0.3) is 22.7 Å². The van der Waals surface area contributed by atoms with Gasteiger partial charge in [-0.15, -0.1) is 0 Å². The third-order valence-electron chi connectivity index (χ3n) is 6.47. The number of primary amides is 1. The second-order valence-electron chi connectivity index (χ2n) is 8.80. The second-order valence-corrected chi connectivity index (χ2v) is 8.80. The van der Waals surface area contributed by atoms with Gasteiger partial charge in [-0.25, -0.2) is 9.78 Å². The van der Waals surface area contributed by atoms with Gasteiger partial charge in [0, 0.05) is 47.7 Å². The lowest BCUT2D eigenvalue weighted by atomic mass is 9.99. The van der Waals surface area contributed by atoms with Crippen molar-refractivity contribution in [3.05, 3.63) is 89.7 Å². The van der Waals surface area contributed by atoms with E-state index in [-0.39, 0.29) is 11.9 Å². The van der Waals surface area contributed by atoms with Crippen LogP contribution in [0.15, 0.2) is 73.1 Å². The number of H-pyrrole nitrogens is 1. The smallest absolute Gasteiger partial charge is 0.321 e. The van der Waals surface area contributed by atoms with Crippen molar-refractivity contribution in [3.63, 3.8) is 0 Å². The van der Waals surface area contributed by atoms with Crippen molar-refractivity contribution in [3.8, 4) is 0 Å². The maximum absolute atomic E-state index is 13.2. The summed E-state index contributed by atoms with van der Waals surface area (Å²) in [4.78, 5) is 46.5. The number of amides is 4. The molecule has 1 saturated heterocycles. The van der Waals surface area contributed by atoms with Crippen molar-refractivity contribution in [1.82, 2.24) is 15.3 Å². The second kappa shape index (κ2) is 9.98. The Labute approximate surface area is 213 Å². The molecule has 0 bridgehead atoms. The highest BCUT2D eigenvalue weighted by Gasteiger charge is 2.22. The molecular formula is C28H26N6O3. The Morgan fingerprint density at radius 3 is 2.54 bits per heavy atom. The van der Waals surface area contributed by atoms with Crippen LogP contribution in [0.5, 0.6) is 0 Å². The van der Waals surface area contributed by atoms with Crippen molar-refractivity contribution < 1.29 is 14.4 Å². The summed E-state index contributed by atoms with van der Waals surface area (Å²) in [6.07, 6.45) is 5.04. The zero-order chi connectivity index (χ0) is 25.9. The monoisotopic (exact) mass is 494 g/mol. The number of aromatic amines is 1. The number of anilines is 2. The van der Waals surface area contributed by atoms with Crippen LogP contribution in [0, 0.1) is 0 Å². The van der Waals surface area contributed by atoms with Gasteiger partial charge in [0.1, 0.15) is 5.65 Å². The zero-order valence-electron chi connectivity index (χ0n) is 20.2. The lowest BCUT2D eigenvalue weighted by Gasteiger charge is -2.17. The number of nitrogens with two attached hydrogens (primary N) is 1. The average molecular weight is 495 g/mol. The number of benzene rings is 2. The highest BCUT2D eigenvalue weighted by molar-refractivity contribution is 6.24. The molecule has 186 valence electrons. The van der Waals surface area contributed by atoms with Crippen molar-refractivity contribution >= 4 is 51.9 Å². The molecule has 0 spiro atoms. The molecule has 0 aliphatic carbocycles. The number of hydrogen-bond donors (Lipinski definition) is 4. The number of carbonyl (C=O) groups is 3. The van der Waals surface area contributed by atoms with Crippen molar-refractivity contribution in [1.29, 1.82) is 0 Å². The van der Waals surface area contributed by atoms with Gasteiger partial charge in [0.25, 0.3) is 0 Å². The summed E-state index contributed by atoms with van der Waals surface area (Å²) in [5, 5.41) is 6.46. The molecule has 4 aromatic rings. The lowest BCUT2D eigenvalue weighted by molar-refractivity contribution is -0.117. The van der Waals surface area contributed by atoms with Gasteiger partial charge in [0.05, 0.1) is 11.6 Å². The zero-order valence-corrected chi connectivity index (χ0v) is 20.2. The lowest BCUT2D eigenvalue weighted by Crippen LogP contribution is -2.27. The van der Waals surface area contributed by atoms with E-state index in [9.17, 15) is 14.4 Å². The van der Waals surface area contributed by atoms with Crippen LogP contribution >= 0.6 is 0 Å². The largest absolute Gasteiger partial charge is 0.366 e. The number of nitrogens with zero attached hydrogens (tertiary/aromatic N) is 2. The van der Waals surface area contributed by atoms with E-state index in [1.165, 1.54) is 0 Å². The summed E-state index contributed by atoms with van der Waals surface area (Å²) >= 11 is 0. The number of pyridine rings is 1. The Balaban J connectivity index is 1.41. The van der Waals surface area contributed by atoms with Crippen molar-refractivity contribution in [2.24, 2.45) is 5.73 Å². The molecule has 1 fully saturated rings. The fourth-order valence-corrected chi connectivity index (χ4v) is 4.42. The highest BCUT2D eigenvalue weighted by Crippen LogP contribution is 2.30. The first-order chi connectivity index (χ1) is 17.9. The normalized spacial score (nSPS) is 14.5. The highest BCUT2D eigenvalue weighted by atomic mass is 16.2. The summed E-state index contributed by atoms with van der Waals surface area (Å²) < 4.78 is 0. The maximum Gasteiger partial charge on any atom is 0.321 e. The van der Waals surface area contributed by atoms with E-state index >= 15 is 0 Å². The third kappa shape index (κ3) is 4.79. The quantitative estimate of drug-likeness (QED) is 0.290. The minimum Gasteiger partial charge on any atom is -0.366 e. The van der Waals surface area contributed by atoms with E-state index in [1.54, 1.807) is 29.4 Å². The first kappa shape index (κ1) is 23.8. The van der Waals surface area contributed by atoms with Crippen LogP contribution in [0.4, 0.5) is 16.2 Å². The molecular weight excluding hydrogens is 468 g/mol. The van der Waals surface area contributed by atoms with E-state index in [0.29, 0.717) is 46.5 Å². The number of aromatic nitrogens is 2. The summed E-state index contributed by atoms with van der Waals surface area (Å²) in [5.41, 5.74) is 10.2. The van der Waals surface area contributed by atoms with Gasteiger partial charge in [-0.1, -0.05) is 42.5 Å². The molecule has 3 heterocycles. The fraction of sp³-hybridized carbons (Fsp3) is 0.143. The van der Waals surface area contributed by atoms with E-state index in [4.69, 9.17) is 5.73 Å². The minimum atomic E-state index is -0.557. The first-order valence-corrected chi connectivity index (χ1v) is 11.9. The number of fused-ring (bicyclic) bond motifs is 1. The molecule has 0 saturated carbocycles. The van der Waals surface area contributed by atoms with E-state index in [2.05, 4.69) is 20.6 Å². The molecule has 9 nitrogen and oxygen atoms in total. The number of nitrogens with one attached hydrogen (secondary N) is 3. The van der Waals surface area contributed by atoms with Gasteiger partial charge in [-0.3, -0.25) is 14.5 Å². The van der Waals surface area contributed by atoms with Gasteiger partial charge in [0.15, 0.2) is 0 Å². The van der Waals surface area contributed by atoms with Gasteiger partial charge in [0.2, 0.25) is 11.8 Å². The number of urea groups is 1. The first-order valence-electron chi connectivity index (χ1n) is 11.9. The Bertz CT molecular complexity index is 1510. The van der Waals surface area contributed by atoms with Crippen molar-refractivity contribution in [2.45, 2.75) is 12.8 Å².